The molecule has 0 bridgehead atoms. The second kappa shape index (κ2) is 9.57. The minimum atomic E-state index is -0.481. The normalized spacial score (nSPS) is 42.8. The summed E-state index contributed by atoms with van der Waals surface area (Å²) in [5, 5.41) is 10.1. The van der Waals surface area contributed by atoms with Gasteiger partial charge in [-0.05, 0) is 103 Å². The van der Waals surface area contributed by atoms with Gasteiger partial charge >= 0.3 is 5.97 Å². The second-order valence-electron chi connectivity index (χ2n) is 16.8. The number of ketones is 1. The average molecular weight is 573 g/mol. The average Bonchev–Trinajstić information content (AvgIpc) is 2.94. The van der Waals surface area contributed by atoms with Crippen LogP contribution in [0.15, 0.2) is 53.8 Å². The number of hydrogen-bond acceptors (Lipinski definition) is 4. The number of rotatable bonds is 3. The highest BCUT2D eigenvalue weighted by atomic mass is 16.5. The molecule has 0 aliphatic heterocycles. The van der Waals surface area contributed by atoms with E-state index in [4.69, 9.17) is 4.74 Å². The molecule has 0 saturated heterocycles. The molecule has 5 aliphatic rings. The van der Waals surface area contributed by atoms with Gasteiger partial charge in [0.15, 0.2) is 5.78 Å². The number of allylic oxidation sites excluding steroid dienone is 3. The van der Waals surface area contributed by atoms with E-state index in [2.05, 4.69) is 54.5 Å². The SMILES string of the molecule is CC1(C)CC[C@]2(C(=O)OCc3ccccc3)CC[C@]3(C)C(=CCC4[C@@]5(C)C/C(=C\O)C(=O)C(C)(C)C5CC[C@]43C)[C@@H]2C1. The lowest BCUT2D eigenvalue weighted by molar-refractivity contribution is -0.187. The van der Waals surface area contributed by atoms with Crippen LogP contribution >= 0.6 is 0 Å². The predicted molar refractivity (Wildman–Crippen MR) is 166 cm³/mol. The Morgan fingerprint density at radius 2 is 1.64 bits per heavy atom. The monoisotopic (exact) mass is 572 g/mol. The first-order valence-electron chi connectivity index (χ1n) is 16.4. The van der Waals surface area contributed by atoms with Crippen molar-refractivity contribution in [2.24, 2.45) is 50.2 Å². The number of aliphatic hydroxyl groups is 1. The first-order chi connectivity index (χ1) is 19.6. The van der Waals surface area contributed by atoms with Gasteiger partial charge in [0.1, 0.15) is 6.61 Å². The van der Waals surface area contributed by atoms with Gasteiger partial charge in [-0.1, -0.05) is 90.4 Å². The number of carbonyl (C=O) groups excluding carboxylic acids is 2. The van der Waals surface area contributed by atoms with E-state index >= 15 is 0 Å². The molecular formula is C38H52O4. The molecule has 42 heavy (non-hydrogen) atoms. The molecule has 4 saturated carbocycles. The fourth-order valence-electron chi connectivity index (χ4n) is 11.4. The van der Waals surface area contributed by atoms with Crippen molar-refractivity contribution in [1.29, 1.82) is 0 Å². The summed E-state index contributed by atoms with van der Waals surface area (Å²) in [5.74, 6) is 1.03. The summed E-state index contributed by atoms with van der Waals surface area (Å²) in [6, 6.07) is 10.1. The molecule has 5 aliphatic carbocycles. The van der Waals surface area contributed by atoms with E-state index in [0.29, 0.717) is 30.4 Å². The van der Waals surface area contributed by atoms with Crippen LogP contribution in [-0.2, 0) is 20.9 Å². The molecule has 2 unspecified atom stereocenters. The zero-order chi connectivity index (χ0) is 30.3. The molecule has 4 fully saturated rings. The summed E-state index contributed by atoms with van der Waals surface area (Å²) >= 11 is 0. The number of esters is 1. The van der Waals surface area contributed by atoms with Crippen LogP contribution in [0.4, 0.5) is 0 Å². The molecule has 7 atom stereocenters. The van der Waals surface area contributed by atoms with Gasteiger partial charge in [0.25, 0.3) is 0 Å². The molecule has 0 amide bonds. The number of fused-ring (bicyclic) bond motifs is 7. The van der Waals surface area contributed by atoms with Crippen molar-refractivity contribution in [2.75, 3.05) is 0 Å². The molecule has 1 aromatic carbocycles. The molecule has 0 spiro atoms. The molecule has 0 aromatic heterocycles. The summed E-state index contributed by atoms with van der Waals surface area (Å²) in [7, 11) is 0. The first kappa shape index (κ1) is 29.7. The Kier molecular flexibility index (Phi) is 6.77. The molecule has 1 N–H and O–H groups in total. The maximum Gasteiger partial charge on any atom is 0.313 e. The van der Waals surface area contributed by atoms with Gasteiger partial charge in [-0.15, -0.1) is 0 Å². The fourth-order valence-corrected chi connectivity index (χ4v) is 11.4. The van der Waals surface area contributed by atoms with Crippen LogP contribution in [0.5, 0.6) is 0 Å². The first-order valence-corrected chi connectivity index (χ1v) is 16.4. The van der Waals surface area contributed by atoms with Crippen LogP contribution in [0, 0.1) is 50.2 Å². The van der Waals surface area contributed by atoms with E-state index in [1.54, 1.807) is 0 Å². The van der Waals surface area contributed by atoms with E-state index in [1.165, 1.54) is 5.57 Å². The number of Topliss-reactive ketones (excluding diaryl/α,β-unsaturated/α-hetero) is 1. The van der Waals surface area contributed by atoms with Crippen molar-refractivity contribution in [3.8, 4) is 0 Å². The third-order valence-corrected chi connectivity index (χ3v) is 14.0. The van der Waals surface area contributed by atoms with E-state index < -0.39 is 10.8 Å². The van der Waals surface area contributed by atoms with Gasteiger partial charge in [0.2, 0.25) is 0 Å². The molecule has 4 nitrogen and oxygen atoms in total. The lowest BCUT2D eigenvalue weighted by Gasteiger charge is -2.70. The lowest BCUT2D eigenvalue weighted by Crippen LogP contribution is -2.65. The Hall–Kier alpha value is -2.36. The standard InChI is InChI=1S/C38H52O4/c1-33(2)17-19-38(32(41)42-24-25-11-9-8-10-12-25)20-18-36(6)27(28(38)22-33)13-14-30-35(5)21-26(23-39)31(40)34(3,4)29(35)15-16-37(30,36)7/h8-13,23,28-30,39H,14-22,24H2,1-7H3/b26-23+/t28-,29?,30?,35-,36+,37+,38-/m0/s1. The van der Waals surface area contributed by atoms with Gasteiger partial charge in [-0.25, -0.2) is 0 Å². The fraction of sp³-hybridized carbons (Fsp3) is 0.684. The summed E-state index contributed by atoms with van der Waals surface area (Å²) in [4.78, 5) is 27.6. The molecule has 0 heterocycles. The molecule has 4 heteroatoms. The number of carbonyl (C=O) groups is 2. The molecular weight excluding hydrogens is 520 g/mol. The van der Waals surface area contributed by atoms with Gasteiger partial charge in [-0.3, -0.25) is 9.59 Å². The zero-order valence-electron chi connectivity index (χ0n) is 27.0. The number of ether oxygens (including phenoxy) is 1. The Bertz CT molecular complexity index is 1340. The van der Waals surface area contributed by atoms with Crippen molar-refractivity contribution in [3.05, 3.63) is 59.4 Å². The molecule has 0 radical (unpaired) electrons. The van der Waals surface area contributed by atoms with E-state index in [-0.39, 0.29) is 39.3 Å². The van der Waals surface area contributed by atoms with Crippen LogP contribution in [0.25, 0.3) is 0 Å². The predicted octanol–water partition coefficient (Wildman–Crippen LogP) is 9.15. The van der Waals surface area contributed by atoms with Crippen LogP contribution in [0.3, 0.4) is 0 Å². The van der Waals surface area contributed by atoms with Crippen molar-refractivity contribution in [3.63, 3.8) is 0 Å². The smallest absolute Gasteiger partial charge is 0.313 e. The summed E-state index contributed by atoms with van der Waals surface area (Å²) in [6.07, 6.45) is 12.3. The molecule has 1 aromatic rings. The van der Waals surface area contributed by atoms with Crippen LogP contribution in [-0.4, -0.2) is 16.9 Å². The minimum absolute atomic E-state index is 0.00279. The quantitative estimate of drug-likeness (QED) is 0.170. The van der Waals surface area contributed by atoms with Crippen LogP contribution in [0.2, 0.25) is 0 Å². The third-order valence-electron chi connectivity index (χ3n) is 14.0. The Balaban J connectivity index is 1.39. The second-order valence-corrected chi connectivity index (χ2v) is 16.8. The number of benzene rings is 1. The van der Waals surface area contributed by atoms with Crippen molar-refractivity contribution >= 4 is 11.8 Å². The maximum atomic E-state index is 14.2. The van der Waals surface area contributed by atoms with Crippen LogP contribution in [0.1, 0.15) is 112 Å². The summed E-state index contributed by atoms with van der Waals surface area (Å²) < 4.78 is 6.16. The Morgan fingerprint density at radius 3 is 2.33 bits per heavy atom. The van der Waals surface area contributed by atoms with Gasteiger partial charge in [0, 0.05) is 11.0 Å². The Morgan fingerprint density at radius 1 is 0.952 bits per heavy atom. The van der Waals surface area contributed by atoms with Crippen molar-refractivity contribution in [2.45, 2.75) is 113 Å². The van der Waals surface area contributed by atoms with Gasteiger partial charge in [-0.2, -0.15) is 0 Å². The third kappa shape index (κ3) is 3.98. The topological polar surface area (TPSA) is 63.6 Å². The van der Waals surface area contributed by atoms with Crippen molar-refractivity contribution in [1.82, 2.24) is 0 Å². The molecule has 228 valence electrons. The van der Waals surface area contributed by atoms with Gasteiger partial charge < -0.3 is 9.84 Å². The summed E-state index contributed by atoms with van der Waals surface area (Å²) in [6.45, 7) is 16.8. The summed E-state index contributed by atoms with van der Waals surface area (Å²) in [5.41, 5.74) is 2.38. The zero-order valence-corrected chi connectivity index (χ0v) is 27.0. The van der Waals surface area contributed by atoms with E-state index in [9.17, 15) is 14.7 Å². The van der Waals surface area contributed by atoms with Gasteiger partial charge in [0.05, 0.1) is 11.7 Å². The minimum Gasteiger partial charge on any atom is -0.515 e. The van der Waals surface area contributed by atoms with E-state index in [1.807, 2.05) is 30.3 Å². The lowest BCUT2D eigenvalue weighted by atomic mass is 9.33. The Labute approximate surface area is 253 Å². The number of hydrogen-bond donors (Lipinski definition) is 1. The maximum absolute atomic E-state index is 14.2. The highest BCUT2D eigenvalue weighted by Crippen LogP contribution is 2.75. The highest BCUT2D eigenvalue weighted by Gasteiger charge is 2.69. The van der Waals surface area contributed by atoms with E-state index in [0.717, 1.165) is 63.2 Å². The highest BCUT2D eigenvalue weighted by molar-refractivity contribution is 6.00. The number of aliphatic hydroxyl groups excluding tert-OH is 1. The van der Waals surface area contributed by atoms with Crippen molar-refractivity contribution < 1.29 is 19.4 Å². The molecule has 6 rings (SSSR count). The van der Waals surface area contributed by atoms with Crippen LogP contribution < -0.4 is 0 Å². The largest absolute Gasteiger partial charge is 0.515 e.